The van der Waals surface area contributed by atoms with E-state index in [2.05, 4.69) is 0 Å². The summed E-state index contributed by atoms with van der Waals surface area (Å²) in [5, 5.41) is 9.87. The van der Waals surface area contributed by atoms with E-state index < -0.39 is 18.0 Å². The van der Waals surface area contributed by atoms with E-state index in [-0.39, 0.29) is 0 Å². The molecule has 4 heteroatoms. The summed E-state index contributed by atoms with van der Waals surface area (Å²) in [6.07, 6.45) is -0.190. The summed E-state index contributed by atoms with van der Waals surface area (Å²) < 4.78 is 18.6. The van der Waals surface area contributed by atoms with Crippen LogP contribution in [0.4, 0.5) is 4.39 Å². The Morgan fingerprint density at radius 2 is 2.06 bits per heavy atom. The Morgan fingerprint density at radius 3 is 2.53 bits per heavy atom. The van der Waals surface area contributed by atoms with Gasteiger partial charge in [0.2, 0.25) is 0 Å². The van der Waals surface area contributed by atoms with Crippen LogP contribution in [-0.2, 0) is 0 Å². The Morgan fingerprint density at radius 1 is 1.41 bits per heavy atom. The van der Waals surface area contributed by atoms with Gasteiger partial charge < -0.3 is 15.6 Å². The van der Waals surface area contributed by atoms with Crippen LogP contribution in [-0.4, -0.2) is 18.3 Å². The summed E-state index contributed by atoms with van der Waals surface area (Å²) in [4.78, 5) is 0. The van der Waals surface area contributed by atoms with Crippen molar-refractivity contribution in [2.45, 2.75) is 32.4 Å². The number of rotatable bonds is 5. The number of nitrogens with two attached hydrogens (primary N) is 1. The molecule has 0 saturated heterocycles. The van der Waals surface area contributed by atoms with Crippen molar-refractivity contribution < 1.29 is 14.2 Å². The topological polar surface area (TPSA) is 55.5 Å². The van der Waals surface area contributed by atoms with E-state index in [1.165, 1.54) is 13.2 Å². The molecule has 3 nitrogen and oxygen atoms in total. The lowest BCUT2D eigenvalue weighted by Gasteiger charge is -2.21. The van der Waals surface area contributed by atoms with Crippen LogP contribution in [0.25, 0.3) is 0 Å². The number of aliphatic hydroxyl groups excluding tert-OH is 1. The summed E-state index contributed by atoms with van der Waals surface area (Å²) >= 11 is 0. The van der Waals surface area contributed by atoms with Crippen molar-refractivity contribution in [2.24, 2.45) is 11.7 Å². The van der Waals surface area contributed by atoms with Crippen molar-refractivity contribution in [1.29, 1.82) is 0 Å². The normalized spacial score (nSPS) is 14.8. The molecule has 0 spiro atoms. The zero-order valence-electron chi connectivity index (χ0n) is 10.5. The van der Waals surface area contributed by atoms with E-state index in [9.17, 15) is 9.50 Å². The third kappa shape index (κ3) is 3.68. The number of ether oxygens (including phenoxy) is 1. The molecule has 0 aliphatic carbocycles. The second kappa shape index (κ2) is 5.98. The van der Waals surface area contributed by atoms with Crippen LogP contribution >= 0.6 is 0 Å². The molecule has 1 aromatic carbocycles. The highest BCUT2D eigenvalue weighted by Crippen LogP contribution is 2.24. The maximum atomic E-state index is 13.7. The number of aliphatic hydroxyl groups is 1. The summed E-state index contributed by atoms with van der Waals surface area (Å²) in [6.45, 7) is 3.97. The van der Waals surface area contributed by atoms with Crippen LogP contribution in [0.3, 0.4) is 0 Å². The van der Waals surface area contributed by atoms with E-state index in [1.807, 2.05) is 13.8 Å². The fraction of sp³-hybridized carbons (Fsp3) is 0.538. The fourth-order valence-electron chi connectivity index (χ4n) is 1.74. The van der Waals surface area contributed by atoms with Crippen molar-refractivity contribution in [3.63, 3.8) is 0 Å². The largest absolute Gasteiger partial charge is 0.497 e. The number of hydrogen-bond donors (Lipinski definition) is 2. The highest BCUT2D eigenvalue weighted by atomic mass is 19.1. The van der Waals surface area contributed by atoms with Crippen LogP contribution in [0, 0.1) is 11.7 Å². The van der Waals surface area contributed by atoms with Crippen molar-refractivity contribution in [3.8, 4) is 5.75 Å². The maximum absolute atomic E-state index is 13.7. The first kappa shape index (κ1) is 13.9. The fourth-order valence-corrected chi connectivity index (χ4v) is 1.74. The van der Waals surface area contributed by atoms with Gasteiger partial charge in [0.25, 0.3) is 0 Å². The van der Waals surface area contributed by atoms with Crippen molar-refractivity contribution in [2.75, 3.05) is 7.11 Å². The number of methoxy groups -OCH3 is 1. The van der Waals surface area contributed by atoms with E-state index in [1.54, 1.807) is 12.1 Å². The molecule has 1 aromatic rings. The Kier molecular flexibility index (Phi) is 4.90. The molecule has 96 valence electrons. The summed E-state index contributed by atoms with van der Waals surface area (Å²) in [5.74, 6) is 0.314. The Bertz CT molecular complexity index is 368. The van der Waals surface area contributed by atoms with E-state index in [4.69, 9.17) is 10.5 Å². The predicted octanol–water partition coefficient (Wildman–Crippen LogP) is 2.24. The molecule has 0 fully saturated rings. The van der Waals surface area contributed by atoms with Gasteiger partial charge in [-0.25, -0.2) is 4.39 Å². The van der Waals surface area contributed by atoms with Crippen LogP contribution in [0.1, 0.15) is 31.9 Å². The molecule has 0 bridgehead atoms. The van der Waals surface area contributed by atoms with Gasteiger partial charge in [-0.05, 0) is 18.4 Å². The minimum Gasteiger partial charge on any atom is -0.497 e. The van der Waals surface area contributed by atoms with Gasteiger partial charge in [0.05, 0.1) is 19.3 Å². The van der Waals surface area contributed by atoms with Gasteiger partial charge in [-0.1, -0.05) is 19.9 Å². The third-order valence-corrected chi connectivity index (χ3v) is 2.69. The molecular formula is C13H20FNO2. The SMILES string of the molecule is COc1ccc([C@@H](N)[C@@H](O)CC(C)C)c(F)c1. The second-order valence-corrected chi connectivity index (χ2v) is 4.61. The third-order valence-electron chi connectivity index (χ3n) is 2.69. The average Bonchev–Trinajstić information content (AvgIpc) is 2.27. The van der Waals surface area contributed by atoms with Crippen molar-refractivity contribution in [1.82, 2.24) is 0 Å². The monoisotopic (exact) mass is 241 g/mol. The highest BCUT2D eigenvalue weighted by molar-refractivity contribution is 5.31. The van der Waals surface area contributed by atoms with Gasteiger partial charge >= 0.3 is 0 Å². The zero-order valence-corrected chi connectivity index (χ0v) is 10.5. The predicted molar refractivity (Wildman–Crippen MR) is 65.3 cm³/mol. The van der Waals surface area contributed by atoms with Crippen LogP contribution in [0.5, 0.6) is 5.75 Å². The molecule has 0 radical (unpaired) electrons. The van der Waals surface area contributed by atoms with E-state index in [0.717, 1.165) is 0 Å². The molecule has 0 heterocycles. The van der Waals surface area contributed by atoms with Crippen molar-refractivity contribution >= 4 is 0 Å². The molecule has 0 amide bonds. The lowest BCUT2D eigenvalue weighted by atomic mass is 9.95. The number of halogens is 1. The van der Waals surface area contributed by atoms with Gasteiger partial charge in [-0.2, -0.15) is 0 Å². The first-order chi connectivity index (χ1) is 7.95. The molecule has 3 N–H and O–H groups in total. The highest BCUT2D eigenvalue weighted by Gasteiger charge is 2.21. The van der Waals surface area contributed by atoms with Gasteiger partial charge in [0.1, 0.15) is 11.6 Å². The first-order valence-electron chi connectivity index (χ1n) is 5.72. The Hall–Kier alpha value is -1.13. The quantitative estimate of drug-likeness (QED) is 0.831. The van der Waals surface area contributed by atoms with Crippen LogP contribution < -0.4 is 10.5 Å². The molecule has 0 aliphatic heterocycles. The lowest BCUT2D eigenvalue weighted by Crippen LogP contribution is -2.28. The molecule has 0 aromatic heterocycles. The molecular weight excluding hydrogens is 221 g/mol. The lowest BCUT2D eigenvalue weighted by molar-refractivity contribution is 0.119. The number of benzene rings is 1. The standard InChI is InChI=1S/C13H20FNO2/c1-8(2)6-12(16)13(15)10-5-4-9(17-3)7-11(10)14/h4-5,7-8,12-13,16H,6,15H2,1-3H3/t12-,13+/m0/s1. The molecule has 1 rings (SSSR count). The summed E-state index contributed by atoms with van der Waals surface area (Å²) in [7, 11) is 1.47. The molecule has 17 heavy (non-hydrogen) atoms. The van der Waals surface area contributed by atoms with Gasteiger partial charge in [-0.3, -0.25) is 0 Å². The van der Waals surface area contributed by atoms with E-state index >= 15 is 0 Å². The van der Waals surface area contributed by atoms with Crippen LogP contribution in [0.2, 0.25) is 0 Å². The van der Waals surface area contributed by atoms with E-state index in [0.29, 0.717) is 23.7 Å². The smallest absolute Gasteiger partial charge is 0.131 e. The van der Waals surface area contributed by atoms with Gasteiger partial charge in [0, 0.05) is 11.6 Å². The Balaban J connectivity index is 2.84. The molecule has 2 atom stereocenters. The van der Waals surface area contributed by atoms with Gasteiger partial charge in [0.15, 0.2) is 0 Å². The molecule has 0 saturated carbocycles. The minimum absolute atomic E-state index is 0.317. The Labute approximate surface area is 101 Å². The summed E-state index contributed by atoms with van der Waals surface area (Å²) in [6, 6.07) is 3.77. The van der Waals surface area contributed by atoms with Gasteiger partial charge in [-0.15, -0.1) is 0 Å². The van der Waals surface area contributed by atoms with Crippen molar-refractivity contribution in [3.05, 3.63) is 29.6 Å². The minimum atomic E-state index is -0.738. The second-order valence-electron chi connectivity index (χ2n) is 4.61. The zero-order chi connectivity index (χ0) is 13.0. The maximum Gasteiger partial charge on any atom is 0.131 e. The molecule has 0 unspecified atom stereocenters. The van der Waals surface area contributed by atoms with Crippen LogP contribution in [0.15, 0.2) is 18.2 Å². The molecule has 0 aliphatic rings. The average molecular weight is 241 g/mol. The number of hydrogen-bond acceptors (Lipinski definition) is 3. The summed E-state index contributed by atoms with van der Waals surface area (Å²) in [5.41, 5.74) is 6.17. The first-order valence-corrected chi connectivity index (χ1v) is 5.72.